The number of anilines is 1. The van der Waals surface area contributed by atoms with Crippen molar-refractivity contribution in [3.05, 3.63) is 23.9 Å². The van der Waals surface area contributed by atoms with E-state index in [0.717, 1.165) is 44.7 Å². The summed E-state index contributed by atoms with van der Waals surface area (Å²) in [7, 11) is 1.90. The summed E-state index contributed by atoms with van der Waals surface area (Å²) in [4.78, 5) is 31.2. The summed E-state index contributed by atoms with van der Waals surface area (Å²) in [5.41, 5.74) is 0.747. The minimum absolute atomic E-state index is 0.0235. The maximum atomic E-state index is 11.3. The molecular weight excluding hydrogens is 294 g/mol. The van der Waals surface area contributed by atoms with Crippen molar-refractivity contribution in [2.75, 3.05) is 31.6 Å². The standard InChI is InChI=1S/C17H23N3O3/c1-12(21)13-3-4-15(18-10-13)20-7-5-17(6-8-20)9-14(16(22)23)19(2)11-17/h3-4,10,14H,5-9,11H2,1-2H3,(H,22,23)/t14-/m1/s1. The molecule has 1 aromatic rings. The Bertz CT molecular complexity index is 606. The topological polar surface area (TPSA) is 73.7 Å². The van der Waals surface area contributed by atoms with Crippen LogP contribution in [0.2, 0.25) is 0 Å². The van der Waals surface area contributed by atoms with E-state index < -0.39 is 5.97 Å². The van der Waals surface area contributed by atoms with Crippen LogP contribution in [0.5, 0.6) is 0 Å². The Labute approximate surface area is 136 Å². The third-order valence-corrected chi connectivity index (χ3v) is 5.33. The molecule has 2 aliphatic heterocycles. The van der Waals surface area contributed by atoms with Gasteiger partial charge in [-0.2, -0.15) is 0 Å². The van der Waals surface area contributed by atoms with Gasteiger partial charge in [0, 0.05) is 31.4 Å². The molecule has 0 saturated carbocycles. The first-order valence-corrected chi connectivity index (χ1v) is 8.05. The number of likely N-dealkylation sites (tertiary alicyclic amines) is 1. The molecule has 1 spiro atoms. The molecule has 0 aliphatic carbocycles. The van der Waals surface area contributed by atoms with E-state index in [1.54, 1.807) is 6.20 Å². The highest BCUT2D eigenvalue weighted by molar-refractivity contribution is 5.93. The summed E-state index contributed by atoms with van der Waals surface area (Å²) in [6.45, 7) is 4.16. The monoisotopic (exact) mass is 317 g/mol. The predicted molar refractivity (Wildman–Crippen MR) is 86.8 cm³/mol. The molecule has 1 aromatic heterocycles. The Hall–Kier alpha value is -1.95. The van der Waals surface area contributed by atoms with Gasteiger partial charge in [-0.05, 0) is 50.8 Å². The lowest BCUT2D eigenvalue weighted by Gasteiger charge is -2.39. The number of carboxylic acid groups (broad SMARTS) is 1. The van der Waals surface area contributed by atoms with Crippen LogP contribution in [0.15, 0.2) is 18.3 Å². The summed E-state index contributed by atoms with van der Waals surface area (Å²) >= 11 is 0. The molecular formula is C17H23N3O3. The van der Waals surface area contributed by atoms with Crippen LogP contribution >= 0.6 is 0 Å². The fourth-order valence-electron chi connectivity index (χ4n) is 3.90. The van der Waals surface area contributed by atoms with E-state index in [9.17, 15) is 14.7 Å². The van der Waals surface area contributed by atoms with Crippen molar-refractivity contribution < 1.29 is 14.7 Å². The Morgan fingerprint density at radius 2 is 2.00 bits per heavy atom. The number of rotatable bonds is 3. The summed E-state index contributed by atoms with van der Waals surface area (Å²) in [6, 6.07) is 3.36. The maximum absolute atomic E-state index is 11.3. The number of hydrogen-bond acceptors (Lipinski definition) is 5. The maximum Gasteiger partial charge on any atom is 0.320 e. The molecule has 6 heteroatoms. The van der Waals surface area contributed by atoms with Gasteiger partial charge in [0.2, 0.25) is 0 Å². The molecule has 0 unspecified atom stereocenters. The van der Waals surface area contributed by atoms with Crippen LogP contribution in [0.25, 0.3) is 0 Å². The van der Waals surface area contributed by atoms with Gasteiger partial charge >= 0.3 is 5.97 Å². The molecule has 0 aromatic carbocycles. The van der Waals surface area contributed by atoms with Crippen molar-refractivity contribution in [3.8, 4) is 0 Å². The first-order chi connectivity index (χ1) is 10.9. The number of nitrogens with zero attached hydrogens (tertiary/aromatic N) is 3. The van der Waals surface area contributed by atoms with Gasteiger partial charge in [-0.15, -0.1) is 0 Å². The number of pyridine rings is 1. The highest BCUT2D eigenvalue weighted by Crippen LogP contribution is 2.43. The molecule has 1 N–H and O–H groups in total. The molecule has 2 aliphatic rings. The third kappa shape index (κ3) is 3.08. The number of aliphatic carboxylic acids is 1. The largest absolute Gasteiger partial charge is 0.480 e. The van der Waals surface area contributed by atoms with Gasteiger partial charge in [-0.1, -0.05) is 0 Å². The van der Waals surface area contributed by atoms with Crippen LogP contribution < -0.4 is 4.90 Å². The Balaban J connectivity index is 1.64. The normalized spacial score (nSPS) is 24.1. The highest BCUT2D eigenvalue weighted by Gasteiger charge is 2.46. The van der Waals surface area contributed by atoms with Crippen LogP contribution in [-0.4, -0.2) is 59.5 Å². The van der Waals surface area contributed by atoms with Crippen LogP contribution in [0.3, 0.4) is 0 Å². The van der Waals surface area contributed by atoms with Crippen molar-refractivity contribution in [1.82, 2.24) is 9.88 Å². The lowest BCUT2D eigenvalue weighted by molar-refractivity contribution is -0.141. The van der Waals surface area contributed by atoms with Gasteiger partial charge in [-0.3, -0.25) is 14.5 Å². The third-order valence-electron chi connectivity index (χ3n) is 5.33. The van der Waals surface area contributed by atoms with E-state index in [-0.39, 0.29) is 17.2 Å². The lowest BCUT2D eigenvalue weighted by Crippen LogP contribution is -2.41. The minimum Gasteiger partial charge on any atom is -0.480 e. The molecule has 2 fully saturated rings. The Kier molecular flexibility index (Phi) is 4.10. The number of carbonyl (C=O) groups excluding carboxylic acids is 1. The predicted octanol–water partition coefficient (Wildman–Crippen LogP) is 1.66. The fraction of sp³-hybridized carbons (Fsp3) is 0.588. The molecule has 0 amide bonds. The zero-order valence-corrected chi connectivity index (χ0v) is 13.7. The molecule has 0 bridgehead atoms. The number of aromatic nitrogens is 1. The number of hydrogen-bond donors (Lipinski definition) is 1. The summed E-state index contributed by atoms with van der Waals surface area (Å²) in [5.74, 6) is 0.203. The molecule has 6 nitrogen and oxygen atoms in total. The van der Waals surface area contributed by atoms with Gasteiger partial charge in [0.25, 0.3) is 0 Å². The van der Waals surface area contributed by atoms with Gasteiger partial charge in [0.05, 0.1) is 0 Å². The first-order valence-electron chi connectivity index (χ1n) is 8.05. The van der Waals surface area contributed by atoms with Gasteiger partial charge < -0.3 is 10.0 Å². The van der Waals surface area contributed by atoms with E-state index in [4.69, 9.17) is 0 Å². The Morgan fingerprint density at radius 1 is 1.30 bits per heavy atom. The van der Waals surface area contributed by atoms with Crippen molar-refractivity contribution in [3.63, 3.8) is 0 Å². The number of ketones is 1. The molecule has 3 rings (SSSR count). The quantitative estimate of drug-likeness (QED) is 0.855. The molecule has 23 heavy (non-hydrogen) atoms. The van der Waals surface area contributed by atoms with Crippen molar-refractivity contribution in [2.24, 2.45) is 5.41 Å². The van der Waals surface area contributed by atoms with Crippen LogP contribution in [0.4, 0.5) is 5.82 Å². The lowest BCUT2D eigenvalue weighted by atomic mass is 9.76. The van der Waals surface area contributed by atoms with Gasteiger partial charge in [0.1, 0.15) is 11.9 Å². The zero-order chi connectivity index (χ0) is 16.6. The van der Waals surface area contributed by atoms with E-state index in [0.29, 0.717) is 5.56 Å². The number of piperidine rings is 1. The summed E-state index contributed by atoms with van der Waals surface area (Å²) < 4.78 is 0. The van der Waals surface area contributed by atoms with Crippen LogP contribution in [0.1, 0.15) is 36.5 Å². The van der Waals surface area contributed by atoms with E-state index in [1.807, 2.05) is 24.1 Å². The van der Waals surface area contributed by atoms with E-state index in [2.05, 4.69) is 9.88 Å². The van der Waals surface area contributed by atoms with E-state index in [1.165, 1.54) is 6.92 Å². The summed E-state index contributed by atoms with van der Waals surface area (Å²) in [5, 5.41) is 9.31. The van der Waals surface area contributed by atoms with Crippen LogP contribution in [-0.2, 0) is 4.79 Å². The molecule has 2 saturated heterocycles. The van der Waals surface area contributed by atoms with Gasteiger partial charge in [-0.25, -0.2) is 4.98 Å². The van der Waals surface area contributed by atoms with Crippen molar-refractivity contribution in [2.45, 2.75) is 32.2 Å². The van der Waals surface area contributed by atoms with Crippen molar-refractivity contribution >= 4 is 17.6 Å². The smallest absolute Gasteiger partial charge is 0.320 e. The number of Topliss-reactive ketones (excluding diaryl/α,β-unsaturated/α-hetero) is 1. The summed E-state index contributed by atoms with van der Waals surface area (Å²) in [6.07, 6.45) is 4.34. The SMILES string of the molecule is CC(=O)c1ccc(N2CCC3(CC2)C[C@H](C(=O)O)N(C)C3)nc1. The van der Waals surface area contributed by atoms with Crippen molar-refractivity contribution in [1.29, 1.82) is 0 Å². The number of likely N-dealkylation sites (N-methyl/N-ethyl adjacent to an activating group) is 1. The zero-order valence-electron chi connectivity index (χ0n) is 13.7. The molecule has 1 atom stereocenters. The fourth-order valence-corrected chi connectivity index (χ4v) is 3.90. The van der Waals surface area contributed by atoms with Crippen LogP contribution in [0, 0.1) is 5.41 Å². The number of carboxylic acids is 1. The van der Waals surface area contributed by atoms with E-state index >= 15 is 0 Å². The molecule has 3 heterocycles. The first kappa shape index (κ1) is 15.9. The Morgan fingerprint density at radius 3 is 2.48 bits per heavy atom. The second-order valence-electron chi connectivity index (χ2n) is 6.92. The average molecular weight is 317 g/mol. The highest BCUT2D eigenvalue weighted by atomic mass is 16.4. The average Bonchev–Trinajstić information content (AvgIpc) is 2.85. The second kappa shape index (κ2) is 5.92. The molecule has 124 valence electrons. The minimum atomic E-state index is -0.715. The van der Waals surface area contributed by atoms with Gasteiger partial charge in [0.15, 0.2) is 5.78 Å². The second-order valence-corrected chi connectivity index (χ2v) is 6.92. The molecule has 0 radical (unpaired) electrons. The number of carbonyl (C=O) groups is 2.